The monoisotopic (exact) mass is 467 g/mol. The zero-order valence-electron chi connectivity index (χ0n) is 17.8. The zero-order valence-corrected chi connectivity index (χ0v) is 18.6. The van der Waals surface area contributed by atoms with E-state index in [0.29, 0.717) is 26.3 Å². The van der Waals surface area contributed by atoms with Crippen molar-refractivity contribution in [3.63, 3.8) is 0 Å². The number of hydrogen-bond acceptors (Lipinski definition) is 8. The molecular formula is C21H24F3N5O2S. The van der Waals surface area contributed by atoms with Crippen LogP contribution in [0.4, 0.5) is 19.0 Å². The highest BCUT2D eigenvalue weighted by Gasteiger charge is 2.28. The molecule has 3 aromatic heterocycles. The second-order valence-electron chi connectivity index (χ2n) is 7.60. The van der Waals surface area contributed by atoms with Gasteiger partial charge in [0.1, 0.15) is 16.5 Å². The third-order valence-electron chi connectivity index (χ3n) is 5.18. The largest absolute Gasteiger partial charge is 0.468 e. The average molecular weight is 468 g/mol. The Labute approximate surface area is 187 Å². The van der Waals surface area contributed by atoms with Gasteiger partial charge in [0.05, 0.1) is 25.1 Å². The lowest BCUT2D eigenvalue weighted by Gasteiger charge is -2.25. The molecule has 32 heavy (non-hydrogen) atoms. The third-order valence-corrected chi connectivity index (χ3v) is 6.29. The number of hydrogen-bond donors (Lipinski definition) is 1. The standard InChI is InChI=1S/C21H24F3N5O2S/c1-13-14(2)32-20-18(13)19(27-16(28-20)11-29-5-7-30-8-6-29)26-10-15-3-4-17(25-9-15)31-12-21(22,23)24/h3-4,9H,5-8,10-12H2,1-2H3,(H,26,27,28). The van der Waals surface area contributed by atoms with Gasteiger partial charge < -0.3 is 14.8 Å². The molecule has 1 N–H and O–H groups in total. The number of halogens is 3. The SMILES string of the molecule is Cc1sc2nc(CN3CCOCC3)nc(NCc3ccc(OCC(F)(F)F)nc3)c2c1C. The molecule has 1 fully saturated rings. The lowest BCUT2D eigenvalue weighted by Crippen LogP contribution is -2.36. The quantitative estimate of drug-likeness (QED) is 0.561. The van der Waals surface area contributed by atoms with Crippen molar-refractivity contribution in [2.45, 2.75) is 33.1 Å². The molecule has 0 atom stereocenters. The number of aromatic nitrogens is 3. The van der Waals surface area contributed by atoms with Crippen LogP contribution in [0.1, 0.15) is 21.8 Å². The van der Waals surface area contributed by atoms with Crippen LogP contribution in [0.25, 0.3) is 10.2 Å². The van der Waals surface area contributed by atoms with Gasteiger partial charge in [0.2, 0.25) is 5.88 Å². The Kier molecular flexibility index (Phi) is 6.77. The highest BCUT2D eigenvalue weighted by molar-refractivity contribution is 7.18. The molecule has 0 spiro atoms. The van der Waals surface area contributed by atoms with Crippen LogP contribution in [-0.2, 0) is 17.8 Å². The van der Waals surface area contributed by atoms with Crippen molar-refractivity contribution in [3.8, 4) is 5.88 Å². The van der Waals surface area contributed by atoms with E-state index in [2.05, 4.69) is 33.8 Å². The molecule has 0 bridgehead atoms. The van der Waals surface area contributed by atoms with Gasteiger partial charge in [-0.15, -0.1) is 11.3 Å². The summed E-state index contributed by atoms with van der Waals surface area (Å²) in [7, 11) is 0. The third kappa shape index (κ3) is 5.64. The van der Waals surface area contributed by atoms with E-state index in [1.54, 1.807) is 17.4 Å². The number of thiophene rings is 1. The van der Waals surface area contributed by atoms with Crippen LogP contribution in [0.5, 0.6) is 5.88 Å². The summed E-state index contributed by atoms with van der Waals surface area (Å²) in [5, 5.41) is 4.36. The first kappa shape index (κ1) is 22.7. The van der Waals surface area contributed by atoms with Crippen LogP contribution >= 0.6 is 11.3 Å². The number of fused-ring (bicyclic) bond motifs is 1. The highest BCUT2D eigenvalue weighted by Crippen LogP contribution is 2.33. The summed E-state index contributed by atoms with van der Waals surface area (Å²) in [4.78, 5) is 17.9. The number of nitrogens with one attached hydrogen (secondary N) is 1. The topological polar surface area (TPSA) is 72.4 Å². The van der Waals surface area contributed by atoms with Crippen molar-refractivity contribution >= 4 is 27.4 Å². The van der Waals surface area contributed by atoms with E-state index in [-0.39, 0.29) is 5.88 Å². The lowest BCUT2D eigenvalue weighted by atomic mass is 10.2. The summed E-state index contributed by atoms with van der Waals surface area (Å²) in [6, 6.07) is 3.12. The Morgan fingerprint density at radius 1 is 1.19 bits per heavy atom. The highest BCUT2D eigenvalue weighted by atomic mass is 32.1. The number of nitrogens with zero attached hydrogens (tertiary/aromatic N) is 4. The molecule has 4 rings (SSSR count). The van der Waals surface area contributed by atoms with Gasteiger partial charge in [0.25, 0.3) is 0 Å². The molecule has 11 heteroatoms. The Morgan fingerprint density at radius 3 is 2.66 bits per heavy atom. The van der Waals surface area contributed by atoms with E-state index in [4.69, 9.17) is 14.7 Å². The van der Waals surface area contributed by atoms with Crippen LogP contribution in [0, 0.1) is 13.8 Å². The smallest absolute Gasteiger partial charge is 0.422 e. The second-order valence-corrected chi connectivity index (χ2v) is 8.81. The Bertz CT molecular complexity index is 1070. The Morgan fingerprint density at radius 2 is 1.97 bits per heavy atom. The van der Waals surface area contributed by atoms with Gasteiger partial charge in [-0.3, -0.25) is 4.90 Å². The second kappa shape index (κ2) is 9.55. The van der Waals surface area contributed by atoms with Gasteiger partial charge >= 0.3 is 6.18 Å². The van der Waals surface area contributed by atoms with Crippen molar-refractivity contribution in [2.75, 3.05) is 38.2 Å². The molecule has 0 amide bonds. The van der Waals surface area contributed by atoms with Gasteiger partial charge in [0, 0.05) is 36.8 Å². The predicted octanol–water partition coefficient (Wildman–Crippen LogP) is 4.09. The predicted molar refractivity (Wildman–Crippen MR) is 116 cm³/mol. The molecule has 0 unspecified atom stereocenters. The van der Waals surface area contributed by atoms with Crippen LogP contribution < -0.4 is 10.1 Å². The molecule has 0 radical (unpaired) electrons. The number of ether oxygens (including phenoxy) is 2. The van der Waals surface area contributed by atoms with Crippen molar-refractivity contribution in [3.05, 3.63) is 40.2 Å². The maximum atomic E-state index is 12.3. The molecule has 172 valence electrons. The van der Waals surface area contributed by atoms with E-state index in [0.717, 1.165) is 46.1 Å². The molecule has 0 aromatic carbocycles. The molecule has 0 aliphatic carbocycles. The molecule has 7 nitrogen and oxygen atoms in total. The molecule has 4 heterocycles. The van der Waals surface area contributed by atoms with E-state index in [1.807, 2.05) is 0 Å². The summed E-state index contributed by atoms with van der Waals surface area (Å²) < 4.78 is 46.9. The molecule has 3 aromatic rings. The fourth-order valence-electron chi connectivity index (χ4n) is 3.39. The van der Waals surface area contributed by atoms with Crippen LogP contribution in [-0.4, -0.2) is 58.9 Å². The summed E-state index contributed by atoms with van der Waals surface area (Å²) in [5.41, 5.74) is 1.94. The first-order valence-corrected chi connectivity index (χ1v) is 11.1. The minimum Gasteiger partial charge on any atom is -0.468 e. The molecule has 0 saturated carbocycles. The van der Waals surface area contributed by atoms with Gasteiger partial charge in [-0.2, -0.15) is 13.2 Å². The van der Waals surface area contributed by atoms with Crippen molar-refractivity contribution < 1.29 is 22.6 Å². The zero-order chi connectivity index (χ0) is 22.7. The number of rotatable bonds is 7. The summed E-state index contributed by atoms with van der Waals surface area (Å²) in [5.74, 6) is 1.43. The molecule has 1 saturated heterocycles. The van der Waals surface area contributed by atoms with E-state index in [9.17, 15) is 13.2 Å². The van der Waals surface area contributed by atoms with Crippen molar-refractivity contribution in [1.82, 2.24) is 19.9 Å². The lowest BCUT2D eigenvalue weighted by molar-refractivity contribution is -0.154. The Balaban J connectivity index is 1.49. The fourth-order valence-corrected chi connectivity index (χ4v) is 4.44. The van der Waals surface area contributed by atoms with Crippen LogP contribution in [0.15, 0.2) is 18.3 Å². The minimum atomic E-state index is -4.39. The summed E-state index contributed by atoms with van der Waals surface area (Å²) in [6.07, 6.45) is -2.90. The van der Waals surface area contributed by atoms with E-state index in [1.165, 1.54) is 17.1 Å². The molecular weight excluding hydrogens is 443 g/mol. The summed E-state index contributed by atoms with van der Waals surface area (Å²) >= 11 is 1.65. The van der Waals surface area contributed by atoms with E-state index < -0.39 is 12.8 Å². The maximum Gasteiger partial charge on any atom is 0.422 e. The maximum absolute atomic E-state index is 12.3. The average Bonchev–Trinajstić information content (AvgIpc) is 3.05. The van der Waals surface area contributed by atoms with Crippen molar-refractivity contribution in [1.29, 1.82) is 0 Å². The first-order chi connectivity index (χ1) is 15.3. The van der Waals surface area contributed by atoms with E-state index >= 15 is 0 Å². The molecule has 1 aliphatic heterocycles. The number of anilines is 1. The van der Waals surface area contributed by atoms with Gasteiger partial charge in [-0.1, -0.05) is 6.07 Å². The van der Waals surface area contributed by atoms with Crippen LogP contribution in [0.3, 0.4) is 0 Å². The fraction of sp³-hybridized carbons (Fsp3) is 0.476. The van der Waals surface area contributed by atoms with Crippen molar-refractivity contribution in [2.24, 2.45) is 0 Å². The van der Waals surface area contributed by atoms with Gasteiger partial charge in [-0.05, 0) is 25.0 Å². The summed E-state index contributed by atoms with van der Waals surface area (Å²) in [6.45, 7) is 6.94. The van der Waals surface area contributed by atoms with Crippen LogP contribution in [0.2, 0.25) is 0 Å². The number of pyridine rings is 1. The number of aryl methyl sites for hydroxylation is 2. The first-order valence-electron chi connectivity index (χ1n) is 10.2. The Hall–Kier alpha value is -2.50. The van der Waals surface area contributed by atoms with Gasteiger partial charge in [-0.25, -0.2) is 15.0 Å². The molecule has 1 aliphatic rings. The minimum absolute atomic E-state index is 0.0624. The number of morpholine rings is 1. The van der Waals surface area contributed by atoms with Gasteiger partial charge in [0.15, 0.2) is 6.61 Å². The number of alkyl halides is 3. The normalized spacial score (nSPS) is 15.3.